The summed E-state index contributed by atoms with van der Waals surface area (Å²) in [6.07, 6.45) is 7.51. The maximum absolute atomic E-state index is 14.0. The minimum atomic E-state index is -0.588. The highest BCUT2D eigenvalue weighted by atomic mass is 19.1. The van der Waals surface area contributed by atoms with E-state index in [-0.39, 0.29) is 30.2 Å². The fraction of sp³-hybridized carbons (Fsp3) is 0.286. The molecule has 4 atom stereocenters. The quantitative estimate of drug-likeness (QED) is 0.409. The molecule has 0 amide bonds. The molecule has 37 heavy (non-hydrogen) atoms. The van der Waals surface area contributed by atoms with Crippen LogP contribution in [-0.2, 0) is 11.3 Å². The number of fused-ring (bicyclic) bond motifs is 3. The molecular formula is C28H25F2N5O2. The molecule has 3 heterocycles. The Kier molecular flexibility index (Phi) is 5.88. The number of nitriles is 1. The Labute approximate surface area is 212 Å². The van der Waals surface area contributed by atoms with E-state index in [0.29, 0.717) is 30.1 Å². The van der Waals surface area contributed by atoms with Crippen molar-refractivity contribution in [2.75, 3.05) is 25.5 Å². The van der Waals surface area contributed by atoms with Gasteiger partial charge in [-0.2, -0.15) is 5.26 Å². The van der Waals surface area contributed by atoms with Crippen LogP contribution in [0.15, 0.2) is 60.5 Å². The zero-order chi connectivity index (χ0) is 25.7. The van der Waals surface area contributed by atoms with Gasteiger partial charge < -0.3 is 19.3 Å². The van der Waals surface area contributed by atoms with E-state index in [4.69, 9.17) is 4.74 Å². The Bertz CT molecular complexity index is 1520. The molecule has 2 unspecified atom stereocenters. The number of imidazole rings is 1. The summed E-state index contributed by atoms with van der Waals surface area (Å²) >= 11 is 0. The molecule has 3 aliphatic rings. The molecule has 6 rings (SSSR count). The molecule has 9 heteroatoms. The number of aliphatic hydroxyl groups is 1. The lowest BCUT2D eigenvalue weighted by Crippen LogP contribution is -2.23. The average molecular weight is 502 g/mol. The number of nitrogens with zero attached hydrogens (tertiary/aromatic N) is 4. The van der Waals surface area contributed by atoms with Gasteiger partial charge in [0.1, 0.15) is 11.6 Å². The number of aromatic nitrogens is 2. The molecule has 2 N–H and O–H groups in total. The van der Waals surface area contributed by atoms with E-state index in [1.54, 1.807) is 12.1 Å². The van der Waals surface area contributed by atoms with Crippen molar-refractivity contribution >= 4 is 28.6 Å². The molecule has 7 nitrogen and oxygen atoms in total. The van der Waals surface area contributed by atoms with Gasteiger partial charge >= 0.3 is 0 Å². The lowest BCUT2D eigenvalue weighted by atomic mass is 9.83. The number of benzene rings is 2. The highest BCUT2D eigenvalue weighted by molar-refractivity contribution is 5.89. The standard InChI is InChI=1S/C28H25F2N5O2/c1-34-12-25(26(36)13-34)35-24-7-2-16(9-23(24)33-28(35)32-15-31)8-22-20-5-3-18(29)10-17(20)14-37-27-11-19(30)4-6-21(22)27/h2-11,21,25-27,36H,12-14H2,1H3,(H,32,33)/b22-8+/t21?,25-,26-,27?/m0/s1. The van der Waals surface area contributed by atoms with Gasteiger partial charge in [0.2, 0.25) is 5.95 Å². The van der Waals surface area contributed by atoms with Gasteiger partial charge in [0, 0.05) is 19.0 Å². The number of hydrogen-bond acceptors (Lipinski definition) is 6. The van der Waals surface area contributed by atoms with Gasteiger partial charge in [-0.3, -0.25) is 5.32 Å². The Morgan fingerprint density at radius 2 is 2.08 bits per heavy atom. The van der Waals surface area contributed by atoms with Crippen LogP contribution in [0.4, 0.5) is 14.7 Å². The Morgan fingerprint density at radius 1 is 1.22 bits per heavy atom. The molecule has 1 fully saturated rings. The van der Waals surface area contributed by atoms with Gasteiger partial charge in [-0.25, -0.2) is 13.8 Å². The van der Waals surface area contributed by atoms with Gasteiger partial charge in [-0.1, -0.05) is 24.3 Å². The molecule has 0 radical (unpaired) electrons. The lowest BCUT2D eigenvalue weighted by Gasteiger charge is -2.24. The molecule has 0 bridgehead atoms. The maximum atomic E-state index is 14.0. The SMILES string of the molecule is CN1C[C@H](O)[C@@H](n2c(NC#N)nc3cc(/C=C4\c5ccc(F)cc5COC5C=C(F)C=CC45)ccc32)C1. The van der Waals surface area contributed by atoms with Crippen molar-refractivity contribution in [3.63, 3.8) is 0 Å². The zero-order valence-corrected chi connectivity index (χ0v) is 20.1. The number of halogens is 2. The number of likely N-dealkylation sites (tertiary alicyclic amines) is 1. The van der Waals surface area contributed by atoms with E-state index in [0.717, 1.165) is 22.2 Å². The molecule has 0 spiro atoms. The normalized spacial score (nSPS) is 26.5. The van der Waals surface area contributed by atoms with Crippen molar-refractivity contribution in [3.8, 4) is 6.19 Å². The summed E-state index contributed by atoms with van der Waals surface area (Å²) in [6.45, 7) is 1.34. The molecule has 1 aromatic heterocycles. The summed E-state index contributed by atoms with van der Waals surface area (Å²) in [6, 6.07) is 10.2. The number of allylic oxidation sites excluding steroid dienone is 2. The van der Waals surface area contributed by atoms with E-state index in [2.05, 4.69) is 10.3 Å². The van der Waals surface area contributed by atoms with Crippen LogP contribution in [0, 0.1) is 23.2 Å². The number of ether oxygens (including phenoxy) is 1. The molecule has 0 saturated carbocycles. The fourth-order valence-electron chi connectivity index (χ4n) is 5.63. The second-order valence-corrected chi connectivity index (χ2v) is 9.76. The van der Waals surface area contributed by atoms with Gasteiger partial charge in [0.05, 0.1) is 35.9 Å². The van der Waals surface area contributed by atoms with Gasteiger partial charge in [-0.15, -0.1) is 0 Å². The van der Waals surface area contributed by atoms with E-state index in [9.17, 15) is 19.1 Å². The third-order valence-corrected chi connectivity index (χ3v) is 7.29. The topological polar surface area (TPSA) is 86.3 Å². The summed E-state index contributed by atoms with van der Waals surface area (Å²) in [5.74, 6) is -0.587. The number of hydrogen-bond donors (Lipinski definition) is 2. The minimum absolute atomic E-state index is 0.175. The first-order chi connectivity index (χ1) is 17.9. The second kappa shape index (κ2) is 9.23. The van der Waals surface area contributed by atoms with E-state index >= 15 is 0 Å². The monoisotopic (exact) mass is 501 g/mol. The number of likely N-dealkylation sites (N-methyl/N-ethyl adjacent to an activating group) is 1. The van der Waals surface area contributed by atoms with Crippen LogP contribution in [0.25, 0.3) is 22.7 Å². The molecule has 1 saturated heterocycles. The number of nitrogens with one attached hydrogen (secondary N) is 1. The third kappa shape index (κ3) is 4.23. The van der Waals surface area contributed by atoms with Crippen molar-refractivity contribution in [2.24, 2.45) is 5.92 Å². The first kappa shape index (κ1) is 23.6. The van der Waals surface area contributed by atoms with Gasteiger partial charge in [0.15, 0.2) is 6.19 Å². The van der Waals surface area contributed by atoms with Crippen LogP contribution < -0.4 is 5.32 Å². The van der Waals surface area contributed by atoms with Crippen LogP contribution in [0.1, 0.15) is 22.7 Å². The average Bonchev–Trinajstić information content (AvgIpc) is 3.34. The molecule has 188 valence electrons. The smallest absolute Gasteiger partial charge is 0.217 e. The van der Waals surface area contributed by atoms with Crippen LogP contribution >= 0.6 is 0 Å². The molecule has 1 aliphatic carbocycles. The highest BCUT2D eigenvalue weighted by Gasteiger charge is 2.34. The van der Waals surface area contributed by atoms with Crippen LogP contribution in [0.3, 0.4) is 0 Å². The van der Waals surface area contributed by atoms with Crippen LogP contribution in [-0.4, -0.2) is 51.9 Å². The van der Waals surface area contributed by atoms with Crippen molar-refractivity contribution in [1.82, 2.24) is 14.5 Å². The predicted molar refractivity (Wildman–Crippen MR) is 136 cm³/mol. The predicted octanol–water partition coefficient (Wildman–Crippen LogP) is 4.39. The number of rotatable bonds is 3. The van der Waals surface area contributed by atoms with Crippen molar-refractivity contribution in [2.45, 2.75) is 24.9 Å². The van der Waals surface area contributed by atoms with Gasteiger partial charge in [-0.05, 0) is 65.7 Å². The van der Waals surface area contributed by atoms with Crippen LogP contribution in [0.2, 0.25) is 0 Å². The third-order valence-electron chi connectivity index (χ3n) is 7.29. The largest absolute Gasteiger partial charge is 0.390 e. The second-order valence-electron chi connectivity index (χ2n) is 9.76. The number of anilines is 1. The van der Waals surface area contributed by atoms with E-state index in [1.165, 1.54) is 24.3 Å². The molecule has 2 aromatic carbocycles. The number of aliphatic hydroxyl groups excluding tert-OH is 1. The van der Waals surface area contributed by atoms with E-state index < -0.39 is 12.2 Å². The minimum Gasteiger partial charge on any atom is -0.390 e. The first-order valence-electron chi connectivity index (χ1n) is 12.1. The molecule has 3 aromatic rings. The number of β-amino-alcohol motifs (C(OH)–C–C–N with tert-alkyl or cyclic N) is 1. The molecular weight excluding hydrogens is 476 g/mol. The summed E-state index contributed by atoms with van der Waals surface area (Å²) in [5, 5.41) is 22.6. The zero-order valence-electron chi connectivity index (χ0n) is 20.1. The summed E-state index contributed by atoms with van der Waals surface area (Å²) in [7, 11) is 1.94. The fourth-order valence-corrected chi connectivity index (χ4v) is 5.63. The van der Waals surface area contributed by atoms with Crippen LogP contribution in [0.5, 0.6) is 0 Å². The summed E-state index contributed by atoms with van der Waals surface area (Å²) in [4.78, 5) is 6.69. The first-order valence-corrected chi connectivity index (χ1v) is 12.1. The molecule has 2 aliphatic heterocycles. The Balaban J connectivity index is 1.47. The van der Waals surface area contributed by atoms with Crippen molar-refractivity contribution in [1.29, 1.82) is 5.26 Å². The maximum Gasteiger partial charge on any atom is 0.217 e. The van der Waals surface area contributed by atoms with Crippen molar-refractivity contribution in [3.05, 3.63) is 83.0 Å². The Hall–Kier alpha value is -3.84. The lowest BCUT2D eigenvalue weighted by molar-refractivity contribution is 0.0599. The van der Waals surface area contributed by atoms with Gasteiger partial charge in [0.25, 0.3) is 0 Å². The Morgan fingerprint density at radius 3 is 2.86 bits per heavy atom. The highest BCUT2D eigenvalue weighted by Crippen LogP contribution is 2.40. The summed E-state index contributed by atoms with van der Waals surface area (Å²) in [5.41, 5.74) is 4.75. The van der Waals surface area contributed by atoms with E-state index in [1.807, 2.05) is 47.0 Å². The summed E-state index contributed by atoms with van der Waals surface area (Å²) < 4.78 is 35.9. The van der Waals surface area contributed by atoms with Crippen molar-refractivity contribution < 1.29 is 18.6 Å².